The summed E-state index contributed by atoms with van der Waals surface area (Å²) >= 11 is 0. The third-order valence-electron chi connectivity index (χ3n) is 4.64. The van der Waals surface area contributed by atoms with Crippen LogP contribution in [0.3, 0.4) is 0 Å². The van der Waals surface area contributed by atoms with Gasteiger partial charge in [-0.25, -0.2) is 4.79 Å². The molecule has 0 aromatic rings. The molecule has 2 rings (SSSR count). The summed E-state index contributed by atoms with van der Waals surface area (Å²) in [6.45, 7) is 12.5. The number of nitrogens with zero attached hydrogens (tertiary/aromatic N) is 1. The van der Waals surface area contributed by atoms with Gasteiger partial charge in [0.2, 0.25) is 0 Å². The van der Waals surface area contributed by atoms with Gasteiger partial charge in [0.15, 0.2) is 0 Å². The molecule has 2 saturated heterocycles. The summed E-state index contributed by atoms with van der Waals surface area (Å²) in [6.07, 6.45) is 3.51. The van der Waals surface area contributed by atoms with Gasteiger partial charge in [-0.15, -0.1) is 0 Å². The molecule has 128 valence electrons. The quantitative estimate of drug-likeness (QED) is 0.867. The highest BCUT2D eigenvalue weighted by Crippen LogP contribution is 2.21. The van der Waals surface area contributed by atoms with Gasteiger partial charge < -0.3 is 19.7 Å². The maximum absolute atomic E-state index is 12.0. The fraction of sp³-hybridized carbons (Fsp3) is 0.941. The Balaban J connectivity index is 1.61. The van der Waals surface area contributed by atoms with Gasteiger partial charge in [0.25, 0.3) is 0 Å². The lowest BCUT2D eigenvalue weighted by Crippen LogP contribution is -2.43. The molecule has 1 amide bonds. The van der Waals surface area contributed by atoms with Gasteiger partial charge in [0, 0.05) is 26.2 Å². The molecule has 0 aromatic heterocycles. The maximum atomic E-state index is 12.0. The molecule has 2 fully saturated rings. The number of amides is 1. The number of carbonyl (C=O) groups excluding carboxylic acids is 1. The van der Waals surface area contributed by atoms with Crippen molar-refractivity contribution >= 4 is 6.09 Å². The zero-order valence-electron chi connectivity index (χ0n) is 14.6. The van der Waals surface area contributed by atoms with Crippen molar-refractivity contribution in [1.29, 1.82) is 0 Å². The summed E-state index contributed by atoms with van der Waals surface area (Å²) in [7, 11) is 0. The van der Waals surface area contributed by atoms with Crippen LogP contribution >= 0.6 is 0 Å². The first kappa shape index (κ1) is 17.5. The van der Waals surface area contributed by atoms with Gasteiger partial charge in [-0.3, -0.25) is 0 Å². The van der Waals surface area contributed by atoms with E-state index in [9.17, 15) is 4.79 Å². The van der Waals surface area contributed by atoms with Crippen molar-refractivity contribution in [2.45, 2.75) is 58.7 Å². The van der Waals surface area contributed by atoms with Crippen LogP contribution in [-0.2, 0) is 9.47 Å². The van der Waals surface area contributed by atoms with E-state index in [0.29, 0.717) is 17.9 Å². The molecule has 0 radical (unpaired) electrons. The first-order valence-corrected chi connectivity index (χ1v) is 8.65. The molecular formula is C17H32N2O3. The van der Waals surface area contributed by atoms with Crippen LogP contribution < -0.4 is 5.32 Å². The zero-order valence-corrected chi connectivity index (χ0v) is 14.6. The second-order valence-electron chi connectivity index (χ2n) is 7.69. The normalized spacial score (nSPS) is 27.2. The standard InChI is InChI=1S/C17H32N2O3/c1-13-15(7-10-21-13)12-18-11-14-5-8-19(9-6-14)16(20)22-17(2,3)4/h13-15,18H,5-12H2,1-4H3. The fourth-order valence-electron chi connectivity index (χ4n) is 3.16. The Morgan fingerprint density at radius 3 is 2.45 bits per heavy atom. The molecule has 5 heteroatoms. The molecule has 0 aromatic carbocycles. The highest BCUT2D eigenvalue weighted by Gasteiger charge is 2.27. The molecule has 0 bridgehead atoms. The molecule has 22 heavy (non-hydrogen) atoms. The van der Waals surface area contributed by atoms with Crippen molar-refractivity contribution in [2.24, 2.45) is 11.8 Å². The number of rotatable bonds is 4. The van der Waals surface area contributed by atoms with Crippen LogP contribution in [-0.4, -0.2) is 55.5 Å². The lowest BCUT2D eigenvalue weighted by Gasteiger charge is -2.33. The van der Waals surface area contributed by atoms with E-state index in [1.54, 1.807) is 0 Å². The monoisotopic (exact) mass is 312 g/mol. The van der Waals surface area contributed by atoms with E-state index >= 15 is 0 Å². The highest BCUT2D eigenvalue weighted by molar-refractivity contribution is 5.68. The molecule has 0 aliphatic carbocycles. The second kappa shape index (κ2) is 7.64. The lowest BCUT2D eigenvalue weighted by molar-refractivity contribution is 0.0183. The van der Waals surface area contributed by atoms with Crippen LogP contribution in [0, 0.1) is 11.8 Å². The number of nitrogens with one attached hydrogen (secondary N) is 1. The van der Waals surface area contributed by atoms with Gasteiger partial charge in [-0.05, 0) is 65.3 Å². The Morgan fingerprint density at radius 1 is 1.23 bits per heavy atom. The summed E-state index contributed by atoms with van der Waals surface area (Å²) in [5.41, 5.74) is -0.407. The third-order valence-corrected chi connectivity index (χ3v) is 4.64. The Labute approximate surface area is 134 Å². The third kappa shape index (κ3) is 5.43. The van der Waals surface area contributed by atoms with Gasteiger partial charge in [0.1, 0.15) is 5.60 Å². The van der Waals surface area contributed by atoms with E-state index in [0.717, 1.165) is 45.6 Å². The first-order valence-electron chi connectivity index (χ1n) is 8.65. The van der Waals surface area contributed by atoms with E-state index in [4.69, 9.17) is 9.47 Å². The number of carbonyl (C=O) groups is 1. The Hall–Kier alpha value is -0.810. The molecule has 2 atom stereocenters. The summed E-state index contributed by atoms with van der Waals surface area (Å²) in [6, 6.07) is 0. The predicted molar refractivity (Wildman–Crippen MR) is 86.9 cm³/mol. The molecule has 2 unspecified atom stereocenters. The summed E-state index contributed by atoms with van der Waals surface area (Å²) < 4.78 is 11.0. The van der Waals surface area contributed by atoms with Crippen molar-refractivity contribution < 1.29 is 14.3 Å². The average Bonchev–Trinajstić information content (AvgIpc) is 2.83. The summed E-state index contributed by atoms with van der Waals surface area (Å²) in [5, 5.41) is 3.60. The largest absolute Gasteiger partial charge is 0.444 e. The molecule has 5 nitrogen and oxygen atoms in total. The number of likely N-dealkylation sites (tertiary alicyclic amines) is 1. The predicted octanol–water partition coefficient (Wildman–Crippen LogP) is 2.65. The lowest BCUT2D eigenvalue weighted by atomic mass is 9.96. The van der Waals surface area contributed by atoms with E-state index in [2.05, 4.69) is 12.2 Å². The van der Waals surface area contributed by atoms with E-state index in [-0.39, 0.29) is 6.09 Å². The SMILES string of the molecule is CC1OCCC1CNCC1CCN(C(=O)OC(C)(C)C)CC1. The number of ether oxygens (including phenoxy) is 2. The van der Waals surface area contributed by atoms with Crippen molar-refractivity contribution in [2.75, 3.05) is 32.8 Å². The van der Waals surface area contributed by atoms with Crippen molar-refractivity contribution in [3.05, 3.63) is 0 Å². The minimum absolute atomic E-state index is 0.171. The molecular weight excluding hydrogens is 280 g/mol. The van der Waals surface area contributed by atoms with E-state index < -0.39 is 5.60 Å². The number of hydrogen-bond donors (Lipinski definition) is 1. The Morgan fingerprint density at radius 2 is 1.91 bits per heavy atom. The fourth-order valence-corrected chi connectivity index (χ4v) is 3.16. The minimum atomic E-state index is -0.407. The van der Waals surface area contributed by atoms with Crippen LogP contribution in [0.4, 0.5) is 4.79 Å². The first-order chi connectivity index (χ1) is 10.3. The van der Waals surface area contributed by atoms with Crippen LogP contribution in [0.2, 0.25) is 0 Å². The summed E-state index contributed by atoms with van der Waals surface area (Å²) in [5.74, 6) is 1.32. The average molecular weight is 312 g/mol. The van der Waals surface area contributed by atoms with Crippen LogP contribution in [0.1, 0.15) is 47.0 Å². The van der Waals surface area contributed by atoms with Crippen LogP contribution in [0.15, 0.2) is 0 Å². The molecule has 2 aliphatic heterocycles. The van der Waals surface area contributed by atoms with Gasteiger partial charge in [-0.2, -0.15) is 0 Å². The second-order valence-corrected chi connectivity index (χ2v) is 7.69. The zero-order chi connectivity index (χ0) is 16.2. The molecule has 1 N–H and O–H groups in total. The van der Waals surface area contributed by atoms with Gasteiger partial charge >= 0.3 is 6.09 Å². The number of piperidine rings is 1. The molecule has 2 aliphatic rings. The minimum Gasteiger partial charge on any atom is -0.444 e. The molecule has 0 spiro atoms. The van der Waals surface area contributed by atoms with Crippen molar-refractivity contribution in [1.82, 2.24) is 10.2 Å². The Bertz CT molecular complexity index is 359. The topological polar surface area (TPSA) is 50.8 Å². The van der Waals surface area contributed by atoms with E-state index in [1.807, 2.05) is 25.7 Å². The molecule has 2 heterocycles. The van der Waals surface area contributed by atoms with Crippen LogP contribution in [0.5, 0.6) is 0 Å². The summed E-state index contributed by atoms with van der Waals surface area (Å²) in [4.78, 5) is 13.9. The van der Waals surface area contributed by atoms with Gasteiger partial charge in [-0.1, -0.05) is 0 Å². The van der Waals surface area contributed by atoms with Crippen molar-refractivity contribution in [3.63, 3.8) is 0 Å². The number of hydrogen-bond acceptors (Lipinski definition) is 4. The van der Waals surface area contributed by atoms with Gasteiger partial charge in [0.05, 0.1) is 6.10 Å². The van der Waals surface area contributed by atoms with Crippen LogP contribution in [0.25, 0.3) is 0 Å². The Kier molecular flexibility index (Phi) is 6.09. The highest BCUT2D eigenvalue weighted by atomic mass is 16.6. The van der Waals surface area contributed by atoms with E-state index in [1.165, 1.54) is 6.42 Å². The van der Waals surface area contributed by atoms with Crippen molar-refractivity contribution in [3.8, 4) is 0 Å². The molecule has 0 saturated carbocycles. The maximum Gasteiger partial charge on any atom is 0.410 e. The smallest absolute Gasteiger partial charge is 0.410 e.